The molecule has 0 amide bonds. The molecule has 2 aromatic rings. The van der Waals surface area contributed by atoms with Crippen molar-refractivity contribution in [3.63, 3.8) is 0 Å². The summed E-state index contributed by atoms with van der Waals surface area (Å²) in [6.07, 6.45) is 0. The van der Waals surface area contributed by atoms with Crippen LogP contribution in [0.15, 0.2) is 60.7 Å². The van der Waals surface area contributed by atoms with Crippen LogP contribution in [0.4, 0.5) is 5.69 Å². The second kappa shape index (κ2) is 6.03. The third-order valence-electron chi connectivity index (χ3n) is 2.32. The van der Waals surface area contributed by atoms with E-state index >= 15 is 0 Å². The second-order valence-electron chi connectivity index (χ2n) is 3.42. The smallest absolute Gasteiger partial charge is 0.147 e. The average molecular weight is 248 g/mol. The summed E-state index contributed by atoms with van der Waals surface area (Å²) in [5, 5.41) is 9.34. The van der Waals surface area contributed by atoms with E-state index in [1.54, 1.807) is 0 Å². The minimum Gasteiger partial charge on any atom is -0.283 e. The Kier molecular flexibility index (Phi) is 4.69. The van der Waals surface area contributed by atoms with Crippen LogP contribution >= 0.6 is 12.4 Å². The normalized spacial score (nSPS) is 9.24. The van der Waals surface area contributed by atoms with E-state index in [4.69, 9.17) is 11.3 Å². The van der Waals surface area contributed by atoms with Crippen molar-refractivity contribution < 1.29 is 0 Å². The maximum Gasteiger partial charge on any atom is 0.147 e. The Labute approximate surface area is 107 Å². The van der Waals surface area contributed by atoms with Gasteiger partial charge in [0.1, 0.15) is 5.84 Å². The number of anilines is 1. The van der Waals surface area contributed by atoms with E-state index in [2.05, 4.69) is 0 Å². The van der Waals surface area contributed by atoms with Crippen LogP contribution in [0.1, 0.15) is 5.56 Å². The Morgan fingerprint density at radius 3 is 1.88 bits per heavy atom. The molecule has 0 aliphatic rings. The average Bonchev–Trinajstić information content (AvgIpc) is 2.39. The van der Waals surface area contributed by atoms with Crippen molar-refractivity contribution in [1.82, 2.24) is 0 Å². The number of hydrogen-bond donors (Lipinski definition) is 2. The van der Waals surface area contributed by atoms with Gasteiger partial charge in [-0.25, -0.2) is 5.84 Å². The first kappa shape index (κ1) is 13.2. The maximum atomic E-state index is 7.97. The van der Waals surface area contributed by atoms with Gasteiger partial charge in [0.05, 0.1) is 5.69 Å². The molecule has 0 aliphatic carbocycles. The van der Waals surface area contributed by atoms with E-state index in [1.807, 2.05) is 60.7 Å². The zero-order chi connectivity index (χ0) is 11.4. The Balaban J connectivity index is 0.00000144. The molecule has 0 spiro atoms. The van der Waals surface area contributed by atoms with Crippen molar-refractivity contribution in [1.29, 1.82) is 5.41 Å². The number of hydrazine groups is 1. The summed E-state index contributed by atoms with van der Waals surface area (Å²) in [5.74, 6) is 6.16. The van der Waals surface area contributed by atoms with E-state index in [-0.39, 0.29) is 18.2 Å². The highest BCUT2D eigenvalue weighted by atomic mass is 35.5. The van der Waals surface area contributed by atoms with Gasteiger partial charge in [0.15, 0.2) is 0 Å². The summed E-state index contributed by atoms with van der Waals surface area (Å²) in [5.41, 5.74) is 1.60. The number of benzene rings is 2. The lowest BCUT2D eigenvalue weighted by molar-refractivity contribution is 1.11. The summed E-state index contributed by atoms with van der Waals surface area (Å²) >= 11 is 0. The molecule has 0 aromatic heterocycles. The van der Waals surface area contributed by atoms with Gasteiger partial charge >= 0.3 is 0 Å². The summed E-state index contributed by atoms with van der Waals surface area (Å²) in [4.78, 5) is 0. The van der Waals surface area contributed by atoms with E-state index in [0.29, 0.717) is 0 Å². The highest BCUT2D eigenvalue weighted by Gasteiger charge is 2.08. The number of nitrogens with one attached hydrogen (secondary N) is 1. The fourth-order valence-electron chi connectivity index (χ4n) is 1.45. The minimum absolute atomic E-state index is 0. The molecule has 0 saturated heterocycles. The molecule has 0 saturated carbocycles. The van der Waals surface area contributed by atoms with Crippen LogP contribution in [0.2, 0.25) is 0 Å². The number of hydrogen-bond acceptors (Lipinski definition) is 2. The molecule has 0 atom stereocenters. The highest BCUT2D eigenvalue weighted by molar-refractivity contribution is 6.06. The van der Waals surface area contributed by atoms with E-state index in [0.717, 1.165) is 11.3 Å². The molecule has 2 aromatic carbocycles. The SMILES string of the molecule is Cl.N=C(c1ccccc1)N(N)c1ccccc1. The first-order chi connectivity index (χ1) is 7.79. The summed E-state index contributed by atoms with van der Waals surface area (Å²) in [6, 6.07) is 18.9. The molecular weight excluding hydrogens is 234 g/mol. The largest absolute Gasteiger partial charge is 0.283 e. The lowest BCUT2D eigenvalue weighted by Crippen LogP contribution is -2.37. The van der Waals surface area contributed by atoms with Crippen LogP contribution in [0.3, 0.4) is 0 Å². The monoisotopic (exact) mass is 247 g/mol. The topological polar surface area (TPSA) is 53.1 Å². The van der Waals surface area contributed by atoms with Gasteiger partial charge in [0, 0.05) is 5.56 Å². The number of nitrogens with two attached hydrogens (primary N) is 1. The van der Waals surface area contributed by atoms with Gasteiger partial charge in [0.2, 0.25) is 0 Å². The minimum atomic E-state index is 0. The molecule has 3 nitrogen and oxygen atoms in total. The van der Waals surface area contributed by atoms with E-state index < -0.39 is 0 Å². The fraction of sp³-hybridized carbons (Fsp3) is 0. The molecule has 0 aliphatic heterocycles. The predicted octanol–water partition coefficient (Wildman–Crippen LogP) is 2.81. The zero-order valence-electron chi connectivity index (χ0n) is 9.21. The van der Waals surface area contributed by atoms with E-state index in [9.17, 15) is 0 Å². The maximum absolute atomic E-state index is 7.97. The molecule has 2 rings (SSSR count). The van der Waals surface area contributed by atoms with Crippen LogP contribution in [0, 0.1) is 5.41 Å². The molecular formula is C13H14ClN3. The van der Waals surface area contributed by atoms with Gasteiger partial charge < -0.3 is 0 Å². The second-order valence-corrected chi connectivity index (χ2v) is 3.42. The lowest BCUT2D eigenvalue weighted by atomic mass is 10.2. The van der Waals surface area contributed by atoms with Gasteiger partial charge in [-0.15, -0.1) is 12.4 Å². The Morgan fingerprint density at radius 2 is 1.35 bits per heavy atom. The number of nitrogens with zero attached hydrogens (tertiary/aromatic N) is 1. The standard InChI is InChI=1S/C13H13N3.ClH/c14-13(11-7-3-1-4-8-11)16(15)12-9-5-2-6-10-12;/h1-10,14H,15H2;1H. The first-order valence-electron chi connectivity index (χ1n) is 5.03. The quantitative estimate of drug-likeness (QED) is 0.371. The Hall–Kier alpha value is -1.84. The lowest BCUT2D eigenvalue weighted by Gasteiger charge is -2.19. The van der Waals surface area contributed by atoms with Crippen LogP contribution in [0.5, 0.6) is 0 Å². The molecule has 0 heterocycles. The van der Waals surface area contributed by atoms with E-state index in [1.165, 1.54) is 5.01 Å². The third-order valence-corrected chi connectivity index (χ3v) is 2.32. The molecule has 17 heavy (non-hydrogen) atoms. The van der Waals surface area contributed by atoms with Crippen molar-refractivity contribution in [2.75, 3.05) is 5.01 Å². The highest BCUT2D eigenvalue weighted by Crippen LogP contribution is 2.12. The summed E-state index contributed by atoms with van der Waals surface area (Å²) in [6.45, 7) is 0. The third kappa shape index (κ3) is 3.06. The molecule has 88 valence electrons. The molecule has 0 fully saturated rings. The molecule has 3 N–H and O–H groups in total. The summed E-state index contributed by atoms with van der Waals surface area (Å²) in [7, 11) is 0. The van der Waals surface area contributed by atoms with Gasteiger partial charge in [-0.2, -0.15) is 0 Å². The predicted molar refractivity (Wildman–Crippen MR) is 73.6 cm³/mol. The van der Waals surface area contributed by atoms with Gasteiger partial charge in [0.25, 0.3) is 0 Å². The van der Waals surface area contributed by atoms with Gasteiger partial charge in [-0.05, 0) is 12.1 Å². The van der Waals surface area contributed by atoms with Crippen molar-refractivity contribution in [2.45, 2.75) is 0 Å². The van der Waals surface area contributed by atoms with Gasteiger partial charge in [-0.3, -0.25) is 10.4 Å². The van der Waals surface area contributed by atoms with Crippen molar-refractivity contribution >= 4 is 23.9 Å². The molecule has 0 bridgehead atoms. The van der Waals surface area contributed by atoms with Gasteiger partial charge in [-0.1, -0.05) is 48.5 Å². The zero-order valence-corrected chi connectivity index (χ0v) is 10.0. The van der Waals surface area contributed by atoms with Crippen molar-refractivity contribution in [2.24, 2.45) is 5.84 Å². The Morgan fingerprint density at radius 1 is 0.882 bits per heavy atom. The number of rotatable bonds is 2. The van der Waals surface area contributed by atoms with Crippen molar-refractivity contribution in [3.05, 3.63) is 66.2 Å². The molecule has 0 unspecified atom stereocenters. The summed E-state index contributed by atoms with van der Waals surface area (Å²) < 4.78 is 0. The van der Waals surface area contributed by atoms with Crippen molar-refractivity contribution in [3.8, 4) is 0 Å². The van der Waals surface area contributed by atoms with Crippen LogP contribution in [-0.2, 0) is 0 Å². The number of amidine groups is 1. The molecule has 0 radical (unpaired) electrons. The van der Waals surface area contributed by atoms with Crippen LogP contribution in [-0.4, -0.2) is 5.84 Å². The fourth-order valence-corrected chi connectivity index (χ4v) is 1.45. The first-order valence-corrected chi connectivity index (χ1v) is 5.03. The number of halogens is 1. The number of para-hydroxylation sites is 1. The van der Waals surface area contributed by atoms with Crippen LogP contribution < -0.4 is 10.9 Å². The van der Waals surface area contributed by atoms with Crippen LogP contribution in [0.25, 0.3) is 0 Å². The molecule has 4 heteroatoms. The Bertz CT molecular complexity index is 471.